The lowest BCUT2D eigenvalue weighted by Crippen LogP contribution is -2.03. The van der Waals surface area contributed by atoms with Crippen LogP contribution in [0.15, 0.2) is 46.5 Å². The van der Waals surface area contributed by atoms with Gasteiger partial charge >= 0.3 is 0 Å². The highest BCUT2D eigenvalue weighted by molar-refractivity contribution is 6.18. The Labute approximate surface area is 89.3 Å². The van der Waals surface area contributed by atoms with E-state index in [2.05, 4.69) is 4.99 Å². The van der Waals surface area contributed by atoms with Crippen molar-refractivity contribution in [3.8, 4) is 0 Å². The molecule has 0 bridgehead atoms. The molecule has 1 aliphatic rings. The van der Waals surface area contributed by atoms with E-state index in [4.69, 9.17) is 0 Å². The fourth-order valence-electron chi connectivity index (χ4n) is 1.82. The van der Waals surface area contributed by atoms with Gasteiger partial charge in [0.15, 0.2) is 5.78 Å². The maximum Gasteiger partial charge on any atom is 0.158 e. The first-order chi connectivity index (χ1) is 7.20. The predicted octanol–water partition coefficient (Wildman–Crippen LogP) is 2.39. The van der Waals surface area contributed by atoms with Crippen molar-refractivity contribution in [2.75, 3.05) is 6.54 Å². The number of Topliss-reactive ketones (excluding diaryl/α,β-unsaturated/α-hetero) is 1. The van der Waals surface area contributed by atoms with Gasteiger partial charge in [-0.3, -0.25) is 9.79 Å². The number of ketones is 1. The Hall–Kier alpha value is -1.70. The average molecular weight is 199 g/mol. The first kappa shape index (κ1) is 9.84. The number of nitrogens with zero attached hydrogens (tertiary/aromatic N) is 1. The van der Waals surface area contributed by atoms with Crippen LogP contribution in [0.25, 0.3) is 0 Å². The highest BCUT2D eigenvalue weighted by atomic mass is 16.1. The number of hydrogen-bond acceptors (Lipinski definition) is 2. The molecule has 2 heteroatoms. The molecule has 1 heterocycles. The van der Waals surface area contributed by atoms with E-state index >= 15 is 0 Å². The second kappa shape index (κ2) is 3.81. The summed E-state index contributed by atoms with van der Waals surface area (Å²) in [5.41, 5.74) is 3.91. The molecule has 15 heavy (non-hydrogen) atoms. The molecule has 76 valence electrons. The van der Waals surface area contributed by atoms with Gasteiger partial charge in [0.2, 0.25) is 0 Å². The second-order valence-corrected chi connectivity index (χ2v) is 3.69. The highest BCUT2D eigenvalue weighted by Crippen LogP contribution is 2.20. The summed E-state index contributed by atoms with van der Waals surface area (Å²) in [4.78, 5) is 15.7. The summed E-state index contributed by atoms with van der Waals surface area (Å²) in [5, 5.41) is 0. The molecule has 0 aromatic heterocycles. The van der Waals surface area contributed by atoms with Crippen LogP contribution in [0.1, 0.15) is 19.4 Å². The minimum atomic E-state index is 0.127. The fraction of sp³-hybridized carbons (Fsp3) is 0.231. The van der Waals surface area contributed by atoms with Crippen LogP contribution < -0.4 is 0 Å². The van der Waals surface area contributed by atoms with Crippen LogP contribution in [0.4, 0.5) is 0 Å². The molecule has 1 aromatic carbocycles. The number of aliphatic imine (C=N–C) groups is 1. The lowest BCUT2D eigenvalue weighted by molar-refractivity contribution is -0.113. The number of carbonyl (C=O) groups excluding carboxylic acids is 1. The van der Waals surface area contributed by atoms with E-state index in [-0.39, 0.29) is 5.78 Å². The molecule has 0 N–H and O–H groups in total. The fourth-order valence-corrected chi connectivity index (χ4v) is 1.82. The van der Waals surface area contributed by atoms with Crippen LogP contribution >= 0.6 is 0 Å². The summed E-state index contributed by atoms with van der Waals surface area (Å²) in [6.07, 6.45) is 0. The van der Waals surface area contributed by atoms with Crippen molar-refractivity contribution in [1.82, 2.24) is 0 Å². The molecule has 1 aromatic rings. The van der Waals surface area contributed by atoms with E-state index in [0.29, 0.717) is 6.54 Å². The Balaban J connectivity index is 2.39. The van der Waals surface area contributed by atoms with Crippen molar-refractivity contribution in [3.63, 3.8) is 0 Å². The normalized spacial score (nSPS) is 15.5. The van der Waals surface area contributed by atoms with E-state index in [9.17, 15) is 4.79 Å². The van der Waals surface area contributed by atoms with Gasteiger partial charge in [0.05, 0.1) is 12.3 Å². The molecule has 1 aliphatic heterocycles. The van der Waals surface area contributed by atoms with Crippen molar-refractivity contribution in [2.45, 2.75) is 13.8 Å². The van der Waals surface area contributed by atoms with Crippen molar-refractivity contribution in [1.29, 1.82) is 0 Å². The molecular weight excluding hydrogens is 186 g/mol. The molecule has 0 atom stereocenters. The second-order valence-electron chi connectivity index (χ2n) is 3.69. The summed E-state index contributed by atoms with van der Waals surface area (Å²) in [7, 11) is 0. The molecule has 0 fully saturated rings. The summed E-state index contributed by atoms with van der Waals surface area (Å²) in [6, 6.07) is 9.98. The Kier molecular flexibility index (Phi) is 2.50. The smallest absolute Gasteiger partial charge is 0.158 e. The highest BCUT2D eigenvalue weighted by Gasteiger charge is 2.19. The SMILES string of the molecule is CC(=O)C1=C(C)C(c2ccccc2)=NC1. The van der Waals surface area contributed by atoms with Crippen molar-refractivity contribution in [2.24, 2.45) is 4.99 Å². The quantitative estimate of drug-likeness (QED) is 0.719. The van der Waals surface area contributed by atoms with Crippen LogP contribution in [-0.2, 0) is 4.79 Å². The predicted molar refractivity (Wildman–Crippen MR) is 61.2 cm³/mol. The van der Waals surface area contributed by atoms with E-state index in [1.807, 2.05) is 37.3 Å². The monoisotopic (exact) mass is 199 g/mol. The summed E-state index contributed by atoms with van der Waals surface area (Å²) in [5.74, 6) is 0.127. The third-order valence-corrected chi connectivity index (χ3v) is 2.68. The lowest BCUT2D eigenvalue weighted by atomic mass is 10.0. The van der Waals surface area contributed by atoms with Crippen molar-refractivity contribution < 1.29 is 4.79 Å². The molecule has 2 rings (SSSR count). The van der Waals surface area contributed by atoms with Gasteiger partial charge in [-0.2, -0.15) is 0 Å². The average Bonchev–Trinajstić information content (AvgIpc) is 2.61. The first-order valence-electron chi connectivity index (χ1n) is 5.01. The van der Waals surface area contributed by atoms with Gasteiger partial charge in [0, 0.05) is 5.57 Å². The number of carbonyl (C=O) groups is 1. The number of benzene rings is 1. The van der Waals surface area contributed by atoms with Crippen LogP contribution in [0, 0.1) is 0 Å². The molecule has 0 spiro atoms. The molecule has 2 nitrogen and oxygen atoms in total. The van der Waals surface area contributed by atoms with Crippen molar-refractivity contribution >= 4 is 11.5 Å². The largest absolute Gasteiger partial charge is 0.295 e. The standard InChI is InChI=1S/C13H13NO/c1-9-12(10(2)15)8-14-13(9)11-6-4-3-5-7-11/h3-7H,8H2,1-2H3. The van der Waals surface area contributed by atoms with Gasteiger partial charge in [-0.1, -0.05) is 30.3 Å². The summed E-state index contributed by atoms with van der Waals surface area (Å²) < 4.78 is 0. The Morgan fingerprint density at radius 1 is 1.27 bits per heavy atom. The van der Waals surface area contributed by atoms with Crippen molar-refractivity contribution in [3.05, 3.63) is 47.0 Å². The minimum absolute atomic E-state index is 0.127. The minimum Gasteiger partial charge on any atom is -0.295 e. The molecule has 0 unspecified atom stereocenters. The zero-order valence-corrected chi connectivity index (χ0v) is 8.95. The lowest BCUT2D eigenvalue weighted by Gasteiger charge is -2.02. The molecular formula is C13H13NO. The van der Waals surface area contributed by atoms with Crippen LogP contribution in [0.2, 0.25) is 0 Å². The van der Waals surface area contributed by atoms with E-state index in [1.165, 1.54) is 0 Å². The zero-order valence-electron chi connectivity index (χ0n) is 8.95. The summed E-state index contributed by atoms with van der Waals surface area (Å²) >= 11 is 0. The third kappa shape index (κ3) is 1.75. The molecule has 0 saturated carbocycles. The molecule has 0 saturated heterocycles. The molecule has 0 radical (unpaired) electrons. The van der Waals surface area contributed by atoms with E-state index < -0.39 is 0 Å². The molecule has 0 amide bonds. The molecule has 0 aliphatic carbocycles. The van der Waals surface area contributed by atoms with Crippen LogP contribution in [-0.4, -0.2) is 18.0 Å². The number of rotatable bonds is 2. The third-order valence-electron chi connectivity index (χ3n) is 2.68. The maximum atomic E-state index is 11.3. The number of allylic oxidation sites excluding steroid dienone is 1. The van der Waals surface area contributed by atoms with Gasteiger partial charge in [0.1, 0.15) is 0 Å². The number of hydrogen-bond donors (Lipinski definition) is 0. The first-order valence-corrected chi connectivity index (χ1v) is 5.01. The van der Waals surface area contributed by atoms with Crippen LogP contribution in [0.3, 0.4) is 0 Å². The summed E-state index contributed by atoms with van der Waals surface area (Å²) in [6.45, 7) is 4.10. The van der Waals surface area contributed by atoms with Gasteiger partial charge in [-0.15, -0.1) is 0 Å². The van der Waals surface area contributed by atoms with Gasteiger partial charge in [-0.05, 0) is 25.0 Å². The van der Waals surface area contributed by atoms with E-state index in [1.54, 1.807) is 6.92 Å². The Morgan fingerprint density at radius 3 is 2.47 bits per heavy atom. The van der Waals surface area contributed by atoms with E-state index in [0.717, 1.165) is 22.4 Å². The Bertz CT molecular complexity index is 455. The van der Waals surface area contributed by atoms with Gasteiger partial charge in [-0.25, -0.2) is 0 Å². The zero-order chi connectivity index (χ0) is 10.8. The van der Waals surface area contributed by atoms with Gasteiger partial charge in [0.25, 0.3) is 0 Å². The van der Waals surface area contributed by atoms with Gasteiger partial charge < -0.3 is 0 Å². The Morgan fingerprint density at radius 2 is 1.93 bits per heavy atom. The topological polar surface area (TPSA) is 29.4 Å². The maximum absolute atomic E-state index is 11.3. The van der Waals surface area contributed by atoms with Crippen LogP contribution in [0.5, 0.6) is 0 Å².